The first-order chi connectivity index (χ1) is 3.66. The zero-order valence-corrected chi connectivity index (χ0v) is 5.52. The second kappa shape index (κ2) is 3.67. The van der Waals surface area contributed by atoms with Crippen molar-refractivity contribution >= 4 is 0 Å². The molecule has 0 aromatic heterocycles. The van der Waals surface area contributed by atoms with Crippen LogP contribution in [-0.2, 0) is 0 Å². The summed E-state index contributed by atoms with van der Waals surface area (Å²) in [5.41, 5.74) is 0.930. The molecule has 1 unspecified atom stereocenters. The zero-order chi connectivity index (χ0) is 6.57. The zero-order valence-electron chi connectivity index (χ0n) is 5.52. The van der Waals surface area contributed by atoms with Crippen molar-refractivity contribution in [1.82, 2.24) is 0 Å². The van der Waals surface area contributed by atoms with Gasteiger partial charge in [-0.2, -0.15) is 0 Å². The van der Waals surface area contributed by atoms with Crippen molar-refractivity contribution in [2.75, 3.05) is 0 Å². The molecule has 0 spiro atoms. The van der Waals surface area contributed by atoms with Crippen LogP contribution in [0.15, 0.2) is 12.2 Å². The molecule has 0 heterocycles. The maximum Gasteiger partial charge on any atom is 0.0609 e. The van der Waals surface area contributed by atoms with Crippen LogP contribution in [0, 0.1) is 6.42 Å². The van der Waals surface area contributed by atoms with E-state index in [1.54, 1.807) is 6.42 Å². The van der Waals surface area contributed by atoms with E-state index >= 15 is 0 Å². The molecule has 0 bridgehead atoms. The molecule has 0 saturated heterocycles. The Bertz CT molecular complexity index is 76.5. The van der Waals surface area contributed by atoms with Gasteiger partial charge < -0.3 is 5.11 Å². The Hall–Kier alpha value is -0.300. The molecule has 0 aromatic rings. The lowest BCUT2D eigenvalue weighted by atomic mass is 10.1. The highest BCUT2D eigenvalue weighted by atomic mass is 16.3. The van der Waals surface area contributed by atoms with Gasteiger partial charge in [0.15, 0.2) is 0 Å². The van der Waals surface area contributed by atoms with E-state index in [0.29, 0.717) is 0 Å². The van der Waals surface area contributed by atoms with Crippen molar-refractivity contribution in [3.05, 3.63) is 18.6 Å². The number of hydrogen-bond donors (Lipinski definition) is 1. The summed E-state index contributed by atoms with van der Waals surface area (Å²) >= 11 is 0. The molecule has 0 saturated carbocycles. The summed E-state index contributed by atoms with van der Waals surface area (Å²) in [4.78, 5) is 0. The molecule has 0 rings (SSSR count). The van der Waals surface area contributed by atoms with E-state index in [4.69, 9.17) is 5.11 Å². The molecule has 0 aliphatic heterocycles. The first kappa shape index (κ1) is 7.70. The van der Waals surface area contributed by atoms with E-state index in [2.05, 4.69) is 6.58 Å². The molecule has 1 radical (unpaired) electrons. The van der Waals surface area contributed by atoms with Gasteiger partial charge >= 0.3 is 0 Å². The first-order valence-electron chi connectivity index (χ1n) is 2.85. The fraction of sp³-hybridized carbons (Fsp3) is 0.571. The Morgan fingerprint density at radius 1 is 1.88 bits per heavy atom. The van der Waals surface area contributed by atoms with E-state index in [1.165, 1.54) is 0 Å². The Kier molecular flexibility index (Phi) is 3.53. The minimum absolute atomic E-state index is 0.299. The smallest absolute Gasteiger partial charge is 0.0609 e. The Morgan fingerprint density at radius 3 is 2.50 bits per heavy atom. The molecule has 47 valence electrons. The maximum absolute atomic E-state index is 8.91. The van der Waals surface area contributed by atoms with Crippen molar-refractivity contribution in [2.45, 2.75) is 26.4 Å². The lowest BCUT2D eigenvalue weighted by molar-refractivity contribution is 0.205. The third-order valence-corrected chi connectivity index (χ3v) is 0.895. The van der Waals surface area contributed by atoms with Crippen LogP contribution in [0.3, 0.4) is 0 Å². The van der Waals surface area contributed by atoms with Crippen molar-refractivity contribution in [3.8, 4) is 0 Å². The van der Waals surface area contributed by atoms with Gasteiger partial charge in [-0.15, -0.1) is 0 Å². The molecule has 0 amide bonds. The van der Waals surface area contributed by atoms with E-state index in [0.717, 1.165) is 12.0 Å². The molecule has 1 heteroatoms. The predicted molar refractivity (Wildman–Crippen MR) is 35.4 cm³/mol. The van der Waals surface area contributed by atoms with Crippen molar-refractivity contribution < 1.29 is 5.11 Å². The molecule has 1 atom stereocenters. The topological polar surface area (TPSA) is 20.2 Å². The molecule has 0 aliphatic rings. The van der Waals surface area contributed by atoms with Gasteiger partial charge in [0.1, 0.15) is 0 Å². The van der Waals surface area contributed by atoms with Gasteiger partial charge in [-0.25, -0.2) is 0 Å². The highest BCUT2D eigenvalue weighted by Gasteiger charge is 1.98. The van der Waals surface area contributed by atoms with Crippen LogP contribution in [0.1, 0.15) is 20.3 Å². The summed E-state index contributed by atoms with van der Waals surface area (Å²) in [6.45, 7) is 7.44. The highest BCUT2D eigenvalue weighted by Crippen LogP contribution is 2.01. The molecule has 0 fully saturated rings. The first-order valence-corrected chi connectivity index (χ1v) is 2.85. The fourth-order valence-electron chi connectivity index (χ4n) is 0.446. The number of aliphatic hydroxyl groups is 1. The van der Waals surface area contributed by atoms with Crippen molar-refractivity contribution in [1.29, 1.82) is 0 Å². The summed E-state index contributed by atoms with van der Waals surface area (Å²) in [6.07, 6.45) is 2.22. The van der Waals surface area contributed by atoms with Gasteiger partial charge in [0.05, 0.1) is 6.10 Å². The minimum atomic E-state index is -0.299. The van der Waals surface area contributed by atoms with E-state index in [1.807, 2.05) is 13.8 Å². The summed E-state index contributed by atoms with van der Waals surface area (Å²) < 4.78 is 0. The average molecular weight is 113 g/mol. The van der Waals surface area contributed by atoms with Crippen molar-refractivity contribution in [3.63, 3.8) is 0 Å². The van der Waals surface area contributed by atoms with E-state index in [-0.39, 0.29) is 6.10 Å². The standard InChI is InChI=1S/C7H13O/c1-4-7(8)5-6(2)3/h5,7-8H,2,4H2,1,3H3. The SMILES string of the molecule is C=C(C)[CH]C(O)CC. The van der Waals surface area contributed by atoms with Crippen LogP contribution in [0.25, 0.3) is 0 Å². The molecule has 0 aromatic carbocycles. The van der Waals surface area contributed by atoms with Crippen LogP contribution >= 0.6 is 0 Å². The predicted octanol–water partition coefficient (Wildman–Crippen LogP) is 1.54. The summed E-state index contributed by atoms with van der Waals surface area (Å²) in [5, 5.41) is 8.91. The third kappa shape index (κ3) is 3.88. The largest absolute Gasteiger partial charge is 0.392 e. The van der Waals surface area contributed by atoms with Gasteiger partial charge in [0.2, 0.25) is 0 Å². The van der Waals surface area contributed by atoms with Gasteiger partial charge in [-0.3, -0.25) is 0 Å². The van der Waals surface area contributed by atoms with Crippen LogP contribution in [-0.4, -0.2) is 11.2 Å². The summed E-state index contributed by atoms with van der Waals surface area (Å²) in [5.74, 6) is 0. The Balaban J connectivity index is 3.24. The normalized spacial score (nSPS) is 13.4. The summed E-state index contributed by atoms with van der Waals surface area (Å²) in [6, 6.07) is 0. The monoisotopic (exact) mass is 113 g/mol. The van der Waals surface area contributed by atoms with E-state index < -0.39 is 0 Å². The van der Waals surface area contributed by atoms with Crippen LogP contribution in [0.4, 0.5) is 0 Å². The second-order valence-electron chi connectivity index (χ2n) is 1.99. The third-order valence-electron chi connectivity index (χ3n) is 0.895. The Labute approximate surface area is 51.0 Å². The number of hydrogen-bond acceptors (Lipinski definition) is 1. The van der Waals surface area contributed by atoms with Gasteiger partial charge in [-0.05, 0) is 13.3 Å². The molecule has 8 heavy (non-hydrogen) atoms. The maximum atomic E-state index is 8.91. The van der Waals surface area contributed by atoms with Gasteiger partial charge in [0.25, 0.3) is 0 Å². The molecule has 0 aliphatic carbocycles. The van der Waals surface area contributed by atoms with Gasteiger partial charge in [0, 0.05) is 6.42 Å². The second-order valence-corrected chi connectivity index (χ2v) is 1.99. The average Bonchev–Trinajstić information content (AvgIpc) is 1.65. The fourth-order valence-corrected chi connectivity index (χ4v) is 0.446. The lowest BCUT2D eigenvalue weighted by Crippen LogP contribution is -2.04. The lowest BCUT2D eigenvalue weighted by Gasteiger charge is -2.03. The van der Waals surface area contributed by atoms with Gasteiger partial charge in [-0.1, -0.05) is 19.1 Å². The molecular formula is C7H13O. The highest BCUT2D eigenvalue weighted by molar-refractivity contribution is 5.06. The minimum Gasteiger partial charge on any atom is -0.392 e. The van der Waals surface area contributed by atoms with E-state index in [9.17, 15) is 0 Å². The van der Waals surface area contributed by atoms with Crippen LogP contribution in [0.2, 0.25) is 0 Å². The quantitative estimate of drug-likeness (QED) is 0.588. The number of rotatable bonds is 3. The van der Waals surface area contributed by atoms with Crippen LogP contribution in [0.5, 0.6) is 0 Å². The van der Waals surface area contributed by atoms with Crippen LogP contribution < -0.4 is 0 Å². The van der Waals surface area contributed by atoms with Crippen molar-refractivity contribution in [2.24, 2.45) is 0 Å². The number of aliphatic hydroxyl groups excluding tert-OH is 1. The molecule has 1 N–H and O–H groups in total. The molecular weight excluding hydrogens is 100 g/mol. The molecule has 1 nitrogen and oxygen atoms in total. The summed E-state index contributed by atoms with van der Waals surface area (Å²) in [7, 11) is 0. The Morgan fingerprint density at radius 2 is 2.38 bits per heavy atom.